The molecule has 1 aliphatic heterocycles. The number of halogens is 4. The van der Waals surface area contributed by atoms with Crippen molar-refractivity contribution in [2.75, 3.05) is 13.1 Å². The van der Waals surface area contributed by atoms with E-state index in [1.165, 1.54) is 4.90 Å². The van der Waals surface area contributed by atoms with Crippen LogP contribution in [0.15, 0.2) is 18.2 Å². The van der Waals surface area contributed by atoms with Crippen LogP contribution in [0.2, 0.25) is 0 Å². The highest BCUT2D eigenvalue weighted by Crippen LogP contribution is 2.30. The van der Waals surface area contributed by atoms with Crippen LogP contribution in [-0.2, 0) is 6.18 Å². The number of nitrogens with zero attached hydrogens (tertiary/aromatic N) is 1. The summed E-state index contributed by atoms with van der Waals surface area (Å²) >= 11 is 0. The molecule has 0 saturated carbocycles. The number of benzene rings is 1. The molecule has 2 N–H and O–H groups in total. The maximum Gasteiger partial charge on any atom is 0.416 e. The molecular formula is C13H14F4N2O. The van der Waals surface area contributed by atoms with E-state index in [1.54, 1.807) is 0 Å². The molecule has 1 amide bonds. The fourth-order valence-corrected chi connectivity index (χ4v) is 2.23. The molecule has 1 aromatic rings. The van der Waals surface area contributed by atoms with Crippen LogP contribution in [0.5, 0.6) is 0 Å². The molecule has 0 spiro atoms. The first-order valence-electron chi connectivity index (χ1n) is 6.20. The average molecular weight is 290 g/mol. The second-order valence-electron chi connectivity index (χ2n) is 4.85. The predicted molar refractivity (Wildman–Crippen MR) is 64.5 cm³/mol. The maximum atomic E-state index is 13.6. The van der Waals surface area contributed by atoms with Crippen LogP contribution in [0.3, 0.4) is 0 Å². The van der Waals surface area contributed by atoms with Crippen molar-refractivity contribution in [1.82, 2.24) is 4.90 Å². The quantitative estimate of drug-likeness (QED) is 0.807. The topological polar surface area (TPSA) is 46.3 Å². The molecule has 3 nitrogen and oxygen atoms in total. The molecule has 1 aliphatic rings. The van der Waals surface area contributed by atoms with E-state index in [0.29, 0.717) is 31.2 Å². The Labute approximate surface area is 113 Å². The second kappa shape index (κ2) is 5.40. The van der Waals surface area contributed by atoms with Crippen molar-refractivity contribution in [2.24, 2.45) is 5.73 Å². The number of amides is 1. The van der Waals surface area contributed by atoms with E-state index in [4.69, 9.17) is 5.73 Å². The van der Waals surface area contributed by atoms with Gasteiger partial charge in [-0.3, -0.25) is 4.79 Å². The summed E-state index contributed by atoms with van der Waals surface area (Å²) in [7, 11) is 0. The first-order chi connectivity index (χ1) is 9.29. The van der Waals surface area contributed by atoms with Crippen molar-refractivity contribution in [1.29, 1.82) is 0 Å². The van der Waals surface area contributed by atoms with Crippen LogP contribution in [0.25, 0.3) is 0 Å². The van der Waals surface area contributed by atoms with Gasteiger partial charge >= 0.3 is 6.18 Å². The number of likely N-dealkylation sites (tertiary alicyclic amines) is 1. The van der Waals surface area contributed by atoms with Crippen LogP contribution in [-0.4, -0.2) is 29.9 Å². The Kier molecular flexibility index (Phi) is 3.99. The van der Waals surface area contributed by atoms with Crippen molar-refractivity contribution in [3.63, 3.8) is 0 Å². The highest BCUT2D eigenvalue weighted by molar-refractivity contribution is 5.94. The first-order valence-corrected chi connectivity index (χ1v) is 6.20. The largest absolute Gasteiger partial charge is 0.416 e. The molecule has 1 atom stereocenters. The first kappa shape index (κ1) is 14.8. The van der Waals surface area contributed by atoms with Gasteiger partial charge in [0.05, 0.1) is 11.1 Å². The minimum Gasteiger partial charge on any atom is -0.337 e. The number of piperidine rings is 1. The van der Waals surface area contributed by atoms with Crippen molar-refractivity contribution in [3.8, 4) is 0 Å². The second-order valence-corrected chi connectivity index (χ2v) is 4.85. The molecule has 0 aromatic heterocycles. The third kappa shape index (κ3) is 3.09. The van der Waals surface area contributed by atoms with Gasteiger partial charge < -0.3 is 10.6 Å². The number of carbonyl (C=O) groups excluding carboxylic acids is 1. The number of hydrogen-bond acceptors (Lipinski definition) is 2. The molecule has 20 heavy (non-hydrogen) atoms. The molecule has 1 saturated heterocycles. The lowest BCUT2D eigenvalue weighted by Crippen LogP contribution is -2.46. The fraction of sp³-hybridized carbons (Fsp3) is 0.462. The summed E-state index contributed by atoms with van der Waals surface area (Å²) in [5, 5.41) is 0. The van der Waals surface area contributed by atoms with Gasteiger partial charge in [-0.1, -0.05) is 0 Å². The zero-order valence-electron chi connectivity index (χ0n) is 10.6. The van der Waals surface area contributed by atoms with Gasteiger partial charge in [0.2, 0.25) is 0 Å². The SMILES string of the molecule is NC1CCCN(C(=O)c2cc(C(F)(F)F)ccc2F)C1. The van der Waals surface area contributed by atoms with E-state index in [1.807, 2.05) is 0 Å². The molecule has 2 rings (SSSR count). The van der Waals surface area contributed by atoms with Crippen LogP contribution in [0.1, 0.15) is 28.8 Å². The van der Waals surface area contributed by atoms with Crippen LogP contribution in [0.4, 0.5) is 17.6 Å². The Morgan fingerprint density at radius 1 is 1.35 bits per heavy atom. The van der Waals surface area contributed by atoms with E-state index in [-0.39, 0.29) is 12.6 Å². The zero-order valence-corrected chi connectivity index (χ0v) is 10.6. The Morgan fingerprint density at radius 3 is 2.65 bits per heavy atom. The Balaban J connectivity index is 2.29. The Hall–Kier alpha value is -1.63. The van der Waals surface area contributed by atoms with Crippen molar-refractivity contribution in [2.45, 2.75) is 25.1 Å². The molecule has 1 fully saturated rings. The van der Waals surface area contributed by atoms with Crippen LogP contribution >= 0.6 is 0 Å². The number of nitrogens with two attached hydrogens (primary N) is 1. The van der Waals surface area contributed by atoms with E-state index in [9.17, 15) is 22.4 Å². The van der Waals surface area contributed by atoms with Gasteiger partial charge in [-0.15, -0.1) is 0 Å². The van der Waals surface area contributed by atoms with Crippen molar-refractivity contribution >= 4 is 5.91 Å². The van der Waals surface area contributed by atoms with Gasteiger partial charge in [-0.05, 0) is 31.0 Å². The lowest BCUT2D eigenvalue weighted by molar-refractivity contribution is -0.137. The average Bonchev–Trinajstić information content (AvgIpc) is 2.37. The molecule has 1 unspecified atom stereocenters. The molecule has 0 aliphatic carbocycles. The highest BCUT2D eigenvalue weighted by Gasteiger charge is 2.33. The molecule has 1 aromatic carbocycles. The number of hydrogen-bond donors (Lipinski definition) is 1. The van der Waals surface area contributed by atoms with Crippen LogP contribution < -0.4 is 5.73 Å². The predicted octanol–water partition coefficient (Wildman–Crippen LogP) is 2.41. The monoisotopic (exact) mass is 290 g/mol. The minimum absolute atomic E-state index is 0.221. The van der Waals surface area contributed by atoms with E-state index < -0.39 is 29.0 Å². The summed E-state index contributed by atoms with van der Waals surface area (Å²) in [6.45, 7) is 0.608. The van der Waals surface area contributed by atoms with Crippen molar-refractivity contribution < 1.29 is 22.4 Å². The Bertz CT molecular complexity index is 516. The summed E-state index contributed by atoms with van der Waals surface area (Å²) in [5.74, 6) is -1.70. The standard InChI is InChI=1S/C13H14F4N2O/c14-11-4-3-8(13(15,16)17)6-10(11)12(20)19-5-1-2-9(18)7-19/h3-4,6,9H,1-2,5,7,18H2. The molecular weight excluding hydrogens is 276 g/mol. The highest BCUT2D eigenvalue weighted by atomic mass is 19.4. The lowest BCUT2D eigenvalue weighted by Gasteiger charge is -2.31. The fourth-order valence-electron chi connectivity index (χ4n) is 2.23. The third-order valence-corrected chi connectivity index (χ3v) is 3.27. The molecule has 0 bridgehead atoms. The number of alkyl halides is 3. The molecule has 1 heterocycles. The summed E-state index contributed by atoms with van der Waals surface area (Å²) in [5.41, 5.74) is 4.11. The van der Waals surface area contributed by atoms with E-state index in [2.05, 4.69) is 0 Å². The molecule has 110 valence electrons. The number of carbonyl (C=O) groups is 1. The summed E-state index contributed by atoms with van der Waals surface area (Å²) in [4.78, 5) is 13.4. The summed E-state index contributed by atoms with van der Waals surface area (Å²) < 4.78 is 51.4. The number of rotatable bonds is 1. The van der Waals surface area contributed by atoms with Gasteiger partial charge in [0.15, 0.2) is 0 Å². The van der Waals surface area contributed by atoms with E-state index in [0.717, 1.165) is 6.42 Å². The lowest BCUT2D eigenvalue weighted by atomic mass is 10.0. The van der Waals surface area contributed by atoms with E-state index >= 15 is 0 Å². The smallest absolute Gasteiger partial charge is 0.337 e. The normalized spacial score (nSPS) is 20.1. The van der Waals surface area contributed by atoms with Gasteiger partial charge in [0.25, 0.3) is 5.91 Å². The third-order valence-electron chi connectivity index (χ3n) is 3.27. The van der Waals surface area contributed by atoms with Gasteiger partial charge in [0.1, 0.15) is 5.82 Å². The van der Waals surface area contributed by atoms with Gasteiger partial charge in [-0.2, -0.15) is 13.2 Å². The molecule has 7 heteroatoms. The van der Waals surface area contributed by atoms with Crippen molar-refractivity contribution in [3.05, 3.63) is 35.1 Å². The molecule has 0 radical (unpaired) electrons. The zero-order chi connectivity index (χ0) is 14.9. The Morgan fingerprint density at radius 2 is 2.05 bits per heavy atom. The minimum atomic E-state index is -4.61. The summed E-state index contributed by atoms with van der Waals surface area (Å²) in [6, 6.07) is 1.62. The van der Waals surface area contributed by atoms with Gasteiger partial charge in [0, 0.05) is 19.1 Å². The van der Waals surface area contributed by atoms with Crippen LogP contribution in [0, 0.1) is 5.82 Å². The maximum absolute atomic E-state index is 13.6. The van der Waals surface area contributed by atoms with Gasteiger partial charge in [-0.25, -0.2) is 4.39 Å². The summed E-state index contributed by atoms with van der Waals surface area (Å²) in [6.07, 6.45) is -3.20.